The maximum atomic E-state index is 13.3. The van der Waals surface area contributed by atoms with Gasteiger partial charge in [-0.1, -0.05) is 50.6 Å². The summed E-state index contributed by atoms with van der Waals surface area (Å²) < 4.78 is 10.4. The van der Waals surface area contributed by atoms with Crippen molar-refractivity contribution in [3.63, 3.8) is 0 Å². The van der Waals surface area contributed by atoms with Gasteiger partial charge in [0.1, 0.15) is 5.76 Å². The standard InChI is InChI=1S/C28H34ClN3O7/c1-5-6-7-8-9-10-15-30-24(34)18-12-13-20(19(29)16-18)31-25(35)22(23(33)21-14-11-17(2)38-21)32-26(36)28(3,4)39-27(32)37/h11-14,16,22H,5-10,15H2,1-4H3,(H,30,34)(H,31,35). The van der Waals surface area contributed by atoms with Crippen LogP contribution in [-0.4, -0.2) is 52.7 Å². The van der Waals surface area contributed by atoms with E-state index in [4.69, 9.17) is 20.8 Å². The molecule has 10 nitrogen and oxygen atoms in total. The maximum Gasteiger partial charge on any atom is 0.418 e. The molecule has 0 saturated carbocycles. The Morgan fingerprint density at radius 3 is 2.31 bits per heavy atom. The fraction of sp³-hybridized carbons (Fsp3) is 0.464. The van der Waals surface area contributed by atoms with Crippen LogP contribution in [0.2, 0.25) is 5.02 Å². The number of furan rings is 1. The zero-order chi connectivity index (χ0) is 28.7. The number of nitrogens with zero attached hydrogens (tertiary/aromatic N) is 1. The highest BCUT2D eigenvalue weighted by Gasteiger charge is 2.54. The van der Waals surface area contributed by atoms with E-state index < -0.39 is 35.3 Å². The average Bonchev–Trinajstić information content (AvgIpc) is 3.40. The third-order valence-electron chi connectivity index (χ3n) is 6.32. The molecule has 1 aromatic heterocycles. The SMILES string of the molecule is CCCCCCCCNC(=O)c1ccc(NC(=O)C(C(=O)c2ccc(C)o2)N2C(=O)OC(C)(C)C2=O)c(Cl)c1. The first-order valence-electron chi connectivity index (χ1n) is 13.0. The predicted molar refractivity (Wildman–Crippen MR) is 145 cm³/mol. The molecule has 1 atom stereocenters. The lowest BCUT2D eigenvalue weighted by Crippen LogP contribution is -2.53. The second-order valence-corrected chi connectivity index (χ2v) is 10.3. The third kappa shape index (κ3) is 7.26. The summed E-state index contributed by atoms with van der Waals surface area (Å²) in [5, 5.41) is 5.37. The molecule has 11 heteroatoms. The van der Waals surface area contributed by atoms with E-state index in [1.807, 2.05) is 0 Å². The molecular weight excluding hydrogens is 526 g/mol. The minimum absolute atomic E-state index is 0.0336. The lowest BCUT2D eigenvalue weighted by atomic mass is 10.0. The molecule has 1 aliphatic rings. The highest BCUT2D eigenvalue weighted by Crippen LogP contribution is 2.29. The molecule has 0 bridgehead atoms. The van der Waals surface area contributed by atoms with Crippen molar-refractivity contribution in [2.24, 2.45) is 0 Å². The molecule has 4 amide bonds. The first-order chi connectivity index (χ1) is 18.5. The number of carbonyl (C=O) groups excluding carboxylic acids is 5. The van der Waals surface area contributed by atoms with Crippen LogP contribution in [-0.2, 0) is 14.3 Å². The van der Waals surface area contributed by atoms with Crippen LogP contribution in [0, 0.1) is 6.92 Å². The van der Waals surface area contributed by atoms with Gasteiger partial charge in [0.2, 0.25) is 5.78 Å². The Bertz CT molecular complexity index is 1250. The zero-order valence-corrected chi connectivity index (χ0v) is 23.4. The van der Waals surface area contributed by atoms with E-state index in [2.05, 4.69) is 17.6 Å². The van der Waals surface area contributed by atoms with Crippen molar-refractivity contribution < 1.29 is 33.1 Å². The minimum Gasteiger partial charge on any atom is -0.458 e. The van der Waals surface area contributed by atoms with E-state index in [0.29, 0.717) is 22.8 Å². The number of aryl methyl sites for hydroxylation is 1. The van der Waals surface area contributed by atoms with Crippen molar-refractivity contribution >= 4 is 46.9 Å². The van der Waals surface area contributed by atoms with Gasteiger partial charge in [0.15, 0.2) is 17.4 Å². The number of halogens is 1. The number of Topliss-reactive ketones (excluding diaryl/α,β-unsaturated/α-hetero) is 1. The molecule has 2 heterocycles. The van der Waals surface area contributed by atoms with Crippen LogP contribution in [0.5, 0.6) is 0 Å². The van der Waals surface area contributed by atoms with Crippen LogP contribution in [0.25, 0.3) is 0 Å². The van der Waals surface area contributed by atoms with Crippen molar-refractivity contribution in [3.05, 3.63) is 52.4 Å². The van der Waals surface area contributed by atoms with Crippen LogP contribution >= 0.6 is 11.6 Å². The average molecular weight is 560 g/mol. The number of hydrogen-bond donors (Lipinski definition) is 2. The van der Waals surface area contributed by atoms with Gasteiger partial charge in [-0.25, -0.2) is 9.69 Å². The van der Waals surface area contributed by atoms with Gasteiger partial charge in [-0.15, -0.1) is 0 Å². The lowest BCUT2D eigenvalue weighted by molar-refractivity contribution is -0.137. The summed E-state index contributed by atoms with van der Waals surface area (Å²) in [4.78, 5) is 65.0. The minimum atomic E-state index is -1.91. The zero-order valence-electron chi connectivity index (χ0n) is 22.6. The first-order valence-corrected chi connectivity index (χ1v) is 13.4. The smallest absolute Gasteiger partial charge is 0.418 e. The van der Waals surface area contributed by atoms with Crippen LogP contribution in [0.3, 0.4) is 0 Å². The van der Waals surface area contributed by atoms with Gasteiger partial charge >= 0.3 is 6.09 Å². The van der Waals surface area contributed by atoms with Crippen LogP contribution in [0.1, 0.15) is 86.0 Å². The predicted octanol–water partition coefficient (Wildman–Crippen LogP) is 5.28. The quantitative estimate of drug-likeness (QED) is 0.194. The number of cyclic esters (lactones) is 1. The number of anilines is 1. The van der Waals surface area contributed by atoms with E-state index in [0.717, 1.165) is 19.3 Å². The molecule has 1 saturated heterocycles. The van der Waals surface area contributed by atoms with E-state index in [9.17, 15) is 24.0 Å². The highest BCUT2D eigenvalue weighted by atomic mass is 35.5. The van der Waals surface area contributed by atoms with Crippen LogP contribution < -0.4 is 10.6 Å². The van der Waals surface area contributed by atoms with Gasteiger partial charge < -0.3 is 19.8 Å². The van der Waals surface area contributed by atoms with E-state index >= 15 is 0 Å². The number of nitrogens with one attached hydrogen (secondary N) is 2. The number of unbranched alkanes of at least 4 members (excludes halogenated alkanes) is 5. The Morgan fingerprint density at radius 2 is 1.72 bits per heavy atom. The fourth-order valence-electron chi connectivity index (χ4n) is 4.13. The molecule has 0 radical (unpaired) electrons. The number of ether oxygens (including phenoxy) is 1. The summed E-state index contributed by atoms with van der Waals surface area (Å²) in [5.41, 5.74) is -1.18. The van der Waals surface area contributed by atoms with Gasteiger partial charge in [-0.2, -0.15) is 0 Å². The van der Waals surface area contributed by atoms with Crippen molar-refractivity contribution in [3.8, 4) is 0 Å². The van der Waals surface area contributed by atoms with Crippen molar-refractivity contribution in [2.45, 2.75) is 77.9 Å². The van der Waals surface area contributed by atoms with Gasteiger partial charge in [0.05, 0.1) is 10.7 Å². The summed E-state index contributed by atoms with van der Waals surface area (Å²) in [6.45, 7) is 7.02. The van der Waals surface area contributed by atoms with Gasteiger partial charge in [-0.05, 0) is 57.5 Å². The van der Waals surface area contributed by atoms with Crippen LogP contribution in [0.4, 0.5) is 10.5 Å². The molecule has 210 valence electrons. The Balaban J connectivity index is 1.73. The van der Waals surface area contributed by atoms with Gasteiger partial charge in [-0.3, -0.25) is 19.2 Å². The molecule has 1 aliphatic heterocycles. The Hall–Kier alpha value is -3.66. The largest absolute Gasteiger partial charge is 0.458 e. The van der Waals surface area contributed by atoms with Crippen molar-refractivity contribution in [1.29, 1.82) is 0 Å². The molecule has 1 aromatic carbocycles. The second kappa shape index (κ2) is 12.9. The molecule has 2 N–H and O–H groups in total. The van der Waals surface area contributed by atoms with Crippen molar-refractivity contribution in [2.75, 3.05) is 11.9 Å². The number of ketones is 1. The molecular formula is C28H34ClN3O7. The van der Waals surface area contributed by atoms with Gasteiger partial charge in [0, 0.05) is 12.1 Å². The van der Waals surface area contributed by atoms with Crippen molar-refractivity contribution in [1.82, 2.24) is 10.2 Å². The third-order valence-corrected chi connectivity index (χ3v) is 6.63. The number of hydrogen-bond acceptors (Lipinski definition) is 7. The molecule has 3 rings (SSSR count). The van der Waals surface area contributed by atoms with Gasteiger partial charge in [0.25, 0.3) is 17.7 Å². The van der Waals surface area contributed by atoms with E-state index in [1.165, 1.54) is 63.4 Å². The topological polar surface area (TPSA) is 135 Å². The summed E-state index contributed by atoms with van der Waals surface area (Å²) in [5.74, 6) is -2.88. The summed E-state index contributed by atoms with van der Waals surface area (Å²) in [6.07, 6.45) is 5.48. The summed E-state index contributed by atoms with van der Waals surface area (Å²) in [6, 6.07) is 5.23. The summed E-state index contributed by atoms with van der Waals surface area (Å²) in [7, 11) is 0. The molecule has 39 heavy (non-hydrogen) atoms. The molecule has 1 unspecified atom stereocenters. The Morgan fingerprint density at radius 1 is 1.03 bits per heavy atom. The number of imide groups is 1. The maximum absolute atomic E-state index is 13.3. The van der Waals surface area contributed by atoms with E-state index in [1.54, 1.807) is 6.92 Å². The monoisotopic (exact) mass is 559 g/mol. The van der Waals surface area contributed by atoms with E-state index in [-0.39, 0.29) is 22.4 Å². The normalized spacial score (nSPS) is 15.2. The molecule has 1 fully saturated rings. The van der Waals surface area contributed by atoms with Crippen LogP contribution in [0.15, 0.2) is 34.7 Å². The Labute approximate surface area is 232 Å². The first kappa shape index (κ1) is 29.9. The summed E-state index contributed by atoms with van der Waals surface area (Å²) >= 11 is 6.35. The number of benzene rings is 1. The number of amides is 4. The molecule has 2 aromatic rings. The molecule has 0 aliphatic carbocycles. The molecule has 0 spiro atoms. The fourth-order valence-corrected chi connectivity index (χ4v) is 4.36. The number of carbonyl (C=O) groups is 5. The highest BCUT2D eigenvalue weighted by molar-refractivity contribution is 6.34. The lowest BCUT2D eigenvalue weighted by Gasteiger charge is -2.22. The number of rotatable bonds is 13. The Kier molecular flexibility index (Phi) is 9.91. The second-order valence-electron chi connectivity index (χ2n) is 9.94.